The summed E-state index contributed by atoms with van der Waals surface area (Å²) in [6.45, 7) is 3.20. The maximum Gasteiger partial charge on any atom is 0.320 e. The molecule has 2 heterocycles. The molecule has 2 aromatic rings. The second-order valence-electron chi connectivity index (χ2n) is 9.23. The molecule has 0 aromatic heterocycles. The number of hydrogen-bond acceptors (Lipinski definition) is 4. The first-order chi connectivity index (χ1) is 16.5. The Balaban J connectivity index is 1.51. The summed E-state index contributed by atoms with van der Waals surface area (Å²) in [5, 5.41) is 1.71. The lowest BCUT2D eigenvalue weighted by Gasteiger charge is -2.35. The van der Waals surface area contributed by atoms with Gasteiger partial charge in [0.2, 0.25) is 10.0 Å². The number of carbonyl (C=O) groups excluding carboxylic acids is 1. The molecule has 0 N–H and O–H groups in total. The van der Waals surface area contributed by atoms with Crippen LogP contribution in [0.25, 0.3) is 0 Å². The van der Waals surface area contributed by atoms with Crippen LogP contribution in [0.1, 0.15) is 17.0 Å². The Kier molecular flexibility index (Phi) is 8.20. The van der Waals surface area contributed by atoms with E-state index in [0.717, 1.165) is 11.1 Å². The van der Waals surface area contributed by atoms with Crippen LogP contribution >= 0.6 is 34.8 Å². The van der Waals surface area contributed by atoms with Gasteiger partial charge in [-0.05, 0) is 42.4 Å². The van der Waals surface area contributed by atoms with Crippen molar-refractivity contribution in [2.45, 2.75) is 18.5 Å². The summed E-state index contributed by atoms with van der Waals surface area (Å²) in [4.78, 5) is 19.3. The molecule has 2 aliphatic heterocycles. The largest absolute Gasteiger partial charge is 0.322 e. The average molecular weight is 560 g/mol. The highest BCUT2D eigenvalue weighted by Crippen LogP contribution is 2.33. The number of likely N-dealkylation sites (N-methyl/N-ethyl adjacent to an activating group) is 1. The third kappa shape index (κ3) is 6.24. The van der Waals surface area contributed by atoms with Crippen molar-refractivity contribution in [3.8, 4) is 0 Å². The van der Waals surface area contributed by atoms with Gasteiger partial charge in [-0.2, -0.15) is 4.31 Å². The first-order valence-corrected chi connectivity index (χ1v) is 14.4. The van der Waals surface area contributed by atoms with E-state index in [1.54, 1.807) is 11.0 Å². The number of carbonyl (C=O) groups is 1. The van der Waals surface area contributed by atoms with Crippen molar-refractivity contribution in [3.05, 3.63) is 68.7 Å². The minimum Gasteiger partial charge on any atom is -0.322 e. The van der Waals surface area contributed by atoms with Crippen molar-refractivity contribution in [1.82, 2.24) is 19.0 Å². The fraction of sp³-hybridized carbons (Fsp3) is 0.458. The molecule has 11 heteroatoms. The first-order valence-electron chi connectivity index (χ1n) is 11.4. The molecule has 2 atom stereocenters. The van der Waals surface area contributed by atoms with Gasteiger partial charge in [-0.3, -0.25) is 4.90 Å². The number of halogens is 3. The molecule has 2 unspecified atom stereocenters. The molecule has 2 aliphatic rings. The molecule has 7 nitrogen and oxygen atoms in total. The van der Waals surface area contributed by atoms with Gasteiger partial charge >= 0.3 is 6.03 Å². The van der Waals surface area contributed by atoms with Crippen LogP contribution in [0.15, 0.2) is 42.5 Å². The van der Waals surface area contributed by atoms with E-state index >= 15 is 0 Å². The van der Waals surface area contributed by atoms with Crippen LogP contribution in [-0.4, -0.2) is 92.1 Å². The lowest BCUT2D eigenvalue weighted by atomic mass is 9.93. The Morgan fingerprint density at radius 1 is 0.943 bits per heavy atom. The second-order valence-corrected chi connectivity index (χ2v) is 12.5. The highest BCUT2D eigenvalue weighted by Gasteiger charge is 2.40. The summed E-state index contributed by atoms with van der Waals surface area (Å²) in [5.74, 6) is 0.0984. The van der Waals surface area contributed by atoms with Gasteiger partial charge in [-0.15, -0.1) is 0 Å². The van der Waals surface area contributed by atoms with Crippen LogP contribution in [-0.2, 0) is 16.6 Å². The van der Waals surface area contributed by atoms with E-state index in [-0.39, 0.29) is 18.0 Å². The molecule has 0 saturated carbocycles. The molecule has 0 aliphatic carbocycles. The number of amides is 2. The summed E-state index contributed by atoms with van der Waals surface area (Å²) in [5.41, 5.74) is 2.16. The molecule has 4 rings (SSSR count). The van der Waals surface area contributed by atoms with Crippen molar-refractivity contribution in [1.29, 1.82) is 0 Å². The summed E-state index contributed by atoms with van der Waals surface area (Å²) in [6, 6.07) is 13.4. The molecule has 2 saturated heterocycles. The summed E-state index contributed by atoms with van der Waals surface area (Å²) in [6.07, 6.45) is 1.20. The number of urea groups is 1. The average Bonchev–Trinajstić information content (AvgIpc) is 3.27. The van der Waals surface area contributed by atoms with Gasteiger partial charge in [0.05, 0.1) is 16.3 Å². The van der Waals surface area contributed by atoms with E-state index in [1.165, 1.54) is 10.6 Å². The van der Waals surface area contributed by atoms with Gasteiger partial charge in [-0.25, -0.2) is 13.2 Å². The maximum absolute atomic E-state index is 13.4. The molecule has 2 amide bonds. The molecule has 35 heavy (non-hydrogen) atoms. The SMILES string of the molecule is CN(Cc1ccc(Cl)c(Cl)c1)C1CN(C(=O)N2CCN(S(C)(=O)=O)CC2)CC1c1ccc(Cl)cc1. The van der Waals surface area contributed by atoms with Gasteiger partial charge in [0.15, 0.2) is 0 Å². The molecule has 0 spiro atoms. The Labute approximate surface area is 222 Å². The van der Waals surface area contributed by atoms with Crippen LogP contribution in [0.4, 0.5) is 4.79 Å². The van der Waals surface area contributed by atoms with Crippen molar-refractivity contribution < 1.29 is 13.2 Å². The van der Waals surface area contributed by atoms with Gasteiger partial charge < -0.3 is 9.80 Å². The van der Waals surface area contributed by atoms with Crippen molar-refractivity contribution in [3.63, 3.8) is 0 Å². The van der Waals surface area contributed by atoms with E-state index < -0.39 is 10.0 Å². The maximum atomic E-state index is 13.4. The lowest BCUT2D eigenvalue weighted by Crippen LogP contribution is -2.53. The van der Waals surface area contributed by atoms with Crippen molar-refractivity contribution >= 4 is 50.9 Å². The molecule has 190 valence electrons. The van der Waals surface area contributed by atoms with Crippen LogP contribution in [0.3, 0.4) is 0 Å². The van der Waals surface area contributed by atoms with E-state index in [1.807, 2.05) is 41.3 Å². The van der Waals surface area contributed by atoms with E-state index in [4.69, 9.17) is 34.8 Å². The summed E-state index contributed by atoms with van der Waals surface area (Å²) in [7, 11) is -1.20. The molecular formula is C24H29Cl3N4O3S. The van der Waals surface area contributed by atoms with E-state index in [2.05, 4.69) is 11.9 Å². The lowest BCUT2D eigenvalue weighted by molar-refractivity contribution is 0.138. The zero-order valence-electron chi connectivity index (χ0n) is 19.7. The minimum atomic E-state index is -3.25. The molecule has 2 aromatic carbocycles. The monoisotopic (exact) mass is 558 g/mol. The topological polar surface area (TPSA) is 64.2 Å². The second kappa shape index (κ2) is 10.8. The zero-order chi connectivity index (χ0) is 25.3. The number of piperazine rings is 1. The van der Waals surface area contributed by atoms with Gasteiger partial charge in [0.1, 0.15) is 0 Å². The number of nitrogens with zero attached hydrogens (tertiary/aromatic N) is 4. The fourth-order valence-electron chi connectivity index (χ4n) is 4.88. The molecular weight excluding hydrogens is 531 g/mol. The highest BCUT2D eigenvalue weighted by molar-refractivity contribution is 7.88. The van der Waals surface area contributed by atoms with Crippen LogP contribution in [0, 0.1) is 0 Å². The Morgan fingerprint density at radius 3 is 2.20 bits per heavy atom. The predicted molar refractivity (Wildman–Crippen MR) is 141 cm³/mol. The number of rotatable bonds is 5. The van der Waals surface area contributed by atoms with Crippen LogP contribution in [0.2, 0.25) is 15.1 Å². The summed E-state index contributed by atoms with van der Waals surface area (Å²) < 4.78 is 25.1. The third-order valence-electron chi connectivity index (χ3n) is 6.82. The number of sulfonamides is 1. The normalized spacial score (nSPS) is 21.7. The third-order valence-corrected chi connectivity index (χ3v) is 9.11. The Morgan fingerprint density at radius 2 is 1.60 bits per heavy atom. The zero-order valence-corrected chi connectivity index (χ0v) is 22.8. The predicted octanol–water partition coefficient (Wildman–Crippen LogP) is 4.24. The van der Waals surface area contributed by atoms with E-state index in [9.17, 15) is 13.2 Å². The van der Waals surface area contributed by atoms with Crippen LogP contribution in [0.5, 0.6) is 0 Å². The Bertz CT molecular complexity index is 1170. The number of hydrogen-bond donors (Lipinski definition) is 0. The van der Waals surface area contributed by atoms with Crippen molar-refractivity contribution in [2.24, 2.45) is 0 Å². The number of likely N-dealkylation sites (tertiary alicyclic amines) is 1. The minimum absolute atomic E-state index is 0.0532. The fourth-order valence-corrected chi connectivity index (χ4v) is 6.15. The standard InChI is InChI=1S/C24H29Cl3N4O3S/c1-28(14-17-3-8-21(26)22(27)13-17)23-16-30(15-20(23)18-4-6-19(25)7-5-18)24(32)29-9-11-31(12-10-29)35(2,33)34/h3-8,13,20,23H,9-12,14-16H2,1-2H3. The summed E-state index contributed by atoms with van der Waals surface area (Å²) >= 11 is 18.4. The highest BCUT2D eigenvalue weighted by atomic mass is 35.5. The molecule has 0 radical (unpaired) electrons. The van der Waals surface area contributed by atoms with Crippen LogP contribution < -0.4 is 0 Å². The van der Waals surface area contributed by atoms with Crippen molar-refractivity contribution in [2.75, 3.05) is 52.6 Å². The van der Waals surface area contributed by atoms with Gasteiger partial charge in [-0.1, -0.05) is 53.0 Å². The van der Waals surface area contributed by atoms with Gasteiger partial charge in [0, 0.05) is 62.8 Å². The van der Waals surface area contributed by atoms with E-state index in [0.29, 0.717) is 60.9 Å². The quantitative estimate of drug-likeness (QED) is 0.550. The Hall–Kier alpha value is -1.55. The van der Waals surface area contributed by atoms with Gasteiger partial charge in [0.25, 0.3) is 0 Å². The number of benzene rings is 2. The first kappa shape index (κ1) is 26.5. The smallest absolute Gasteiger partial charge is 0.320 e. The molecule has 2 fully saturated rings. The molecule has 0 bridgehead atoms.